The second-order valence-corrected chi connectivity index (χ2v) is 10.2. The minimum atomic E-state index is 0.128. The van der Waals surface area contributed by atoms with Crippen LogP contribution < -0.4 is 0 Å². The van der Waals surface area contributed by atoms with E-state index >= 15 is 0 Å². The van der Waals surface area contributed by atoms with Crippen molar-refractivity contribution in [3.05, 3.63) is 41.0 Å². The maximum Gasteiger partial charge on any atom is 0.216 e. The summed E-state index contributed by atoms with van der Waals surface area (Å²) in [5, 5.41) is 2.81. The van der Waals surface area contributed by atoms with Crippen LogP contribution in [-0.4, -0.2) is 16.3 Å². The topological polar surface area (TPSA) is 3.01 Å². The number of hydrogen-bond acceptors (Lipinski definition) is 0. The quantitative estimate of drug-likeness (QED) is 0.510. The Balaban J connectivity index is 2.44. The molecule has 140 valence electrons. The molecule has 0 aromatic heterocycles. The van der Waals surface area contributed by atoms with E-state index in [-0.39, 0.29) is 11.0 Å². The van der Waals surface area contributed by atoms with E-state index in [0.717, 1.165) is 0 Å². The number of hydrogen-bond donors (Lipinski definition) is 0. The SMILES string of the molecule is Cc1cc(C(C)C)c([N+]2=CC(C)(C)CC2(C)C)c2cc(C(C)C)ccc12. The second kappa shape index (κ2) is 6.22. The lowest BCUT2D eigenvalue weighted by molar-refractivity contribution is -0.511. The van der Waals surface area contributed by atoms with Crippen LogP contribution in [0.5, 0.6) is 0 Å². The normalized spacial score (nSPS) is 18.8. The van der Waals surface area contributed by atoms with E-state index in [2.05, 4.69) is 97.4 Å². The monoisotopic (exact) mass is 350 g/mol. The smallest absolute Gasteiger partial charge is 0.197 e. The molecule has 0 aliphatic carbocycles. The number of nitrogens with zero attached hydrogens (tertiary/aromatic N) is 1. The highest BCUT2D eigenvalue weighted by Crippen LogP contribution is 2.45. The molecule has 2 aromatic carbocycles. The van der Waals surface area contributed by atoms with E-state index in [4.69, 9.17) is 0 Å². The zero-order chi connectivity index (χ0) is 19.4. The van der Waals surface area contributed by atoms with E-state index in [0.29, 0.717) is 11.8 Å². The molecule has 3 rings (SSSR count). The van der Waals surface area contributed by atoms with E-state index < -0.39 is 0 Å². The first-order valence-electron chi connectivity index (χ1n) is 10.2. The molecule has 1 aliphatic rings. The van der Waals surface area contributed by atoms with Crippen LogP contribution in [-0.2, 0) is 0 Å². The summed E-state index contributed by atoms with van der Waals surface area (Å²) in [5.74, 6) is 1.05. The van der Waals surface area contributed by atoms with Crippen LogP contribution in [0.15, 0.2) is 24.3 Å². The Morgan fingerprint density at radius 2 is 1.54 bits per heavy atom. The van der Waals surface area contributed by atoms with Crippen LogP contribution in [0.25, 0.3) is 10.8 Å². The first-order valence-corrected chi connectivity index (χ1v) is 10.2. The fourth-order valence-electron chi connectivity index (χ4n) is 4.84. The van der Waals surface area contributed by atoms with Gasteiger partial charge in [0.1, 0.15) is 0 Å². The fraction of sp³-hybridized carbons (Fsp3) is 0.560. The molecule has 2 aromatic rings. The van der Waals surface area contributed by atoms with Crippen LogP contribution >= 0.6 is 0 Å². The van der Waals surface area contributed by atoms with Crippen molar-refractivity contribution in [2.75, 3.05) is 0 Å². The van der Waals surface area contributed by atoms with Crippen molar-refractivity contribution < 1.29 is 4.58 Å². The molecular weight excluding hydrogens is 314 g/mol. The summed E-state index contributed by atoms with van der Waals surface area (Å²) in [4.78, 5) is 0. The highest BCUT2D eigenvalue weighted by atomic mass is 15.1. The minimum Gasteiger partial charge on any atom is -0.197 e. The molecule has 26 heavy (non-hydrogen) atoms. The molecular formula is C25H36N+. The molecule has 0 bridgehead atoms. The van der Waals surface area contributed by atoms with Gasteiger partial charge in [-0.25, -0.2) is 0 Å². The highest BCUT2D eigenvalue weighted by molar-refractivity contribution is 5.96. The van der Waals surface area contributed by atoms with Gasteiger partial charge < -0.3 is 0 Å². The van der Waals surface area contributed by atoms with Crippen molar-refractivity contribution in [1.29, 1.82) is 0 Å². The van der Waals surface area contributed by atoms with Gasteiger partial charge in [-0.2, -0.15) is 4.58 Å². The molecule has 1 heteroatoms. The Bertz CT molecular complexity index is 879. The van der Waals surface area contributed by atoms with Crippen LogP contribution in [0, 0.1) is 12.3 Å². The van der Waals surface area contributed by atoms with Crippen molar-refractivity contribution in [1.82, 2.24) is 0 Å². The van der Waals surface area contributed by atoms with Crippen LogP contribution in [0.2, 0.25) is 0 Å². The van der Waals surface area contributed by atoms with Gasteiger partial charge in [-0.15, -0.1) is 0 Å². The second-order valence-electron chi connectivity index (χ2n) is 10.2. The molecule has 0 radical (unpaired) electrons. The molecule has 0 N–H and O–H groups in total. The number of benzene rings is 2. The fourth-order valence-corrected chi connectivity index (χ4v) is 4.84. The van der Waals surface area contributed by atoms with Crippen molar-refractivity contribution in [3.8, 4) is 0 Å². The standard InChI is InChI=1S/C25H36N/c1-16(2)19-10-11-20-18(5)12-21(17(3)4)23(22(20)13-19)26-15-24(6,7)14-25(26,8)9/h10-13,15-17H,14H2,1-9H3/q+1. The first kappa shape index (κ1) is 19.1. The predicted molar refractivity (Wildman–Crippen MR) is 115 cm³/mol. The Morgan fingerprint density at radius 1 is 0.885 bits per heavy atom. The maximum absolute atomic E-state index is 2.59. The van der Waals surface area contributed by atoms with Gasteiger partial charge in [0.15, 0.2) is 11.8 Å². The van der Waals surface area contributed by atoms with E-state index in [9.17, 15) is 0 Å². The zero-order valence-electron chi connectivity index (χ0n) is 18.2. The number of aryl methyl sites for hydroxylation is 1. The predicted octanol–water partition coefficient (Wildman–Crippen LogP) is 7.32. The van der Waals surface area contributed by atoms with Gasteiger partial charge in [-0.05, 0) is 47.4 Å². The Morgan fingerprint density at radius 3 is 2.04 bits per heavy atom. The van der Waals surface area contributed by atoms with Gasteiger partial charge in [0.2, 0.25) is 5.69 Å². The summed E-state index contributed by atoms with van der Waals surface area (Å²) in [6, 6.07) is 9.51. The minimum absolute atomic E-state index is 0.128. The number of rotatable bonds is 3. The average molecular weight is 351 g/mol. The molecule has 0 amide bonds. The highest BCUT2D eigenvalue weighted by Gasteiger charge is 2.47. The molecule has 0 spiro atoms. The summed E-state index contributed by atoms with van der Waals surface area (Å²) >= 11 is 0. The maximum atomic E-state index is 2.59. The third kappa shape index (κ3) is 3.21. The molecule has 1 aliphatic heterocycles. The summed E-state index contributed by atoms with van der Waals surface area (Å²) in [6.45, 7) is 21.0. The molecule has 0 fully saturated rings. The summed E-state index contributed by atoms with van der Waals surface area (Å²) in [5.41, 5.74) is 6.07. The lowest BCUT2D eigenvalue weighted by Gasteiger charge is -2.23. The van der Waals surface area contributed by atoms with Crippen molar-refractivity contribution in [2.24, 2.45) is 5.41 Å². The molecule has 0 saturated heterocycles. The van der Waals surface area contributed by atoms with Crippen molar-refractivity contribution in [3.63, 3.8) is 0 Å². The molecule has 1 heterocycles. The van der Waals surface area contributed by atoms with Gasteiger partial charge in [-0.3, -0.25) is 0 Å². The zero-order valence-corrected chi connectivity index (χ0v) is 18.2. The van der Waals surface area contributed by atoms with Gasteiger partial charge in [-0.1, -0.05) is 53.7 Å². The number of fused-ring (bicyclic) bond motifs is 1. The van der Waals surface area contributed by atoms with Gasteiger partial charge in [0.25, 0.3) is 0 Å². The van der Waals surface area contributed by atoms with Gasteiger partial charge >= 0.3 is 0 Å². The van der Waals surface area contributed by atoms with E-state index in [1.54, 1.807) is 0 Å². The van der Waals surface area contributed by atoms with Crippen LogP contribution in [0.1, 0.15) is 90.3 Å². The Labute approximate surface area is 160 Å². The molecule has 0 unspecified atom stereocenters. The summed E-state index contributed by atoms with van der Waals surface area (Å²) < 4.78 is 2.59. The third-order valence-electron chi connectivity index (χ3n) is 5.92. The van der Waals surface area contributed by atoms with Crippen molar-refractivity contribution >= 4 is 22.7 Å². The summed E-state index contributed by atoms with van der Waals surface area (Å²) in [7, 11) is 0. The Hall–Kier alpha value is -1.63. The third-order valence-corrected chi connectivity index (χ3v) is 5.92. The van der Waals surface area contributed by atoms with Gasteiger partial charge in [0.05, 0.1) is 5.39 Å². The van der Waals surface area contributed by atoms with Gasteiger partial charge in [0, 0.05) is 31.2 Å². The lowest BCUT2D eigenvalue weighted by Crippen LogP contribution is -2.30. The largest absolute Gasteiger partial charge is 0.216 e. The lowest BCUT2D eigenvalue weighted by atomic mass is 9.84. The first-order chi connectivity index (χ1) is 11.9. The van der Waals surface area contributed by atoms with Crippen LogP contribution in [0.3, 0.4) is 0 Å². The average Bonchev–Trinajstić information content (AvgIpc) is 2.73. The van der Waals surface area contributed by atoms with Crippen LogP contribution in [0.4, 0.5) is 5.69 Å². The van der Waals surface area contributed by atoms with E-state index in [1.165, 1.54) is 39.6 Å². The summed E-state index contributed by atoms with van der Waals surface area (Å²) in [6.07, 6.45) is 3.65. The van der Waals surface area contributed by atoms with E-state index in [1.807, 2.05) is 0 Å². The molecule has 1 nitrogen and oxygen atoms in total. The Kier molecular flexibility index (Phi) is 4.58. The molecule has 0 atom stereocenters. The van der Waals surface area contributed by atoms with Crippen molar-refractivity contribution in [2.45, 2.75) is 86.1 Å². The molecule has 0 saturated carbocycles.